The lowest BCUT2D eigenvalue weighted by Crippen LogP contribution is -2.31. The summed E-state index contributed by atoms with van der Waals surface area (Å²) in [5.74, 6) is -1.95. The summed E-state index contributed by atoms with van der Waals surface area (Å²) in [5, 5.41) is 18.1. The minimum Gasteiger partial charge on any atom is -0.343 e. The molecule has 3 heteroatoms. The highest BCUT2D eigenvalue weighted by atomic mass is 16.8. The molecule has 0 heterocycles. The number of ether oxygens (including phenoxy) is 1. The SMILES string of the molecule is CC=CC=CCCCOC(O)(O)CC. The maximum absolute atomic E-state index is 9.07. The Hall–Kier alpha value is -0.640. The van der Waals surface area contributed by atoms with Crippen molar-refractivity contribution in [3.63, 3.8) is 0 Å². The molecule has 0 aliphatic rings. The molecule has 0 aliphatic heterocycles. The third kappa shape index (κ3) is 7.98. The van der Waals surface area contributed by atoms with E-state index in [2.05, 4.69) is 0 Å². The third-order valence-electron chi connectivity index (χ3n) is 1.75. The van der Waals surface area contributed by atoms with E-state index in [1.165, 1.54) is 0 Å². The lowest BCUT2D eigenvalue weighted by Gasteiger charge is -2.19. The first-order chi connectivity index (χ1) is 6.62. The highest BCUT2D eigenvalue weighted by molar-refractivity contribution is 5.00. The monoisotopic (exact) mass is 200 g/mol. The van der Waals surface area contributed by atoms with Crippen LogP contribution in [0.2, 0.25) is 0 Å². The van der Waals surface area contributed by atoms with Crippen LogP contribution in [0.5, 0.6) is 0 Å². The van der Waals surface area contributed by atoms with Gasteiger partial charge in [-0.25, -0.2) is 0 Å². The van der Waals surface area contributed by atoms with Crippen molar-refractivity contribution < 1.29 is 14.9 Å². The minimum absolute atomic E-state index is 0.182. The zero-order valence-corrected chi connectivity index (χ0v) is 8.94. The molecule has 0 spiro atoms. The predicted octanol–water partition coefficient (Wildman–Crippen LogP) is 1.96. The van der Waals surface area contributed by atoms with Crippen molar-refractivity contribution in [1.29, 1.82) is 0 Å². The Labute approximate surface area is 85.7 Å². The number of aliphatic hydroxyl groups is 2. The summed E-state index contributed by atoms with van der Waals surface area (Å²) < 4.78 is 4.84. The molecule has 0 aromatic carbocycles. The molecule has 0 aromatic rings. The van der Waals surface area contributed by atoms with Crippen molar-refractivity contribution in [2.24, 2.45) is 0 Å². The zero-order chi connectivity index (χ0) is 10.9. The molecule has 0 rings (SSSR count). The molecular formula is C11H20O3. The molecule has 82 valence electrons. The van der Waals surface area contributed by atoms with Gasteiger partial charge < -0.3 is 14.9 Å². The molecule has 0 saturated carbocycles. The third-order valence-corrected chi connectivity index (χ3v) is 1.75. The Kier molecular flexibility index (Phi) is 7.38. The van der Waals surface area contributed by atoms with Crippen LogP contribution in [0, 0.1) is 0 Å². The van der Waals surface area contributed by atoms with E-state index in [0.717, 1.165) is 12.8 Å². The highest BCUT2D eigenvalue weighted by Gasteiger charge is 2.19. The van der Waals surface area contributed by atoms with Gasteiger partial charge in [0.25, 0.3) is 5.97 Å². The second kappa shape index (κ2) is 7.74. The van der Waals surface area contributed by atoms with E-state index in [9.17, 15) is 0 Å². The Morgan fingerprint density at radius 1 is 1.29 bits per heavy atom. The molecule has 0 fully saturated rings. The van der Waals surface area contributed by atoms with Gasteiger partial charge in [0.05, 0.1) is 6.61 Å². The molecule has 0 unspecified atom stereocenters. The second-order valence-corrected chi connectivity index (χ2v) is 3.04. The Balaban J connectivity index is 3.38. The second-order valence-electron chi connectivity index (χ2n) is 3.04. The number of allylic oxidation sites excluding steroid dienone is 4. The fourth-order valence-electron chi connectivity index (χ4n) is 0.825. The van der Waals surface area contributed by atoms with Gasteiger partial charge in [0.15, 0.2) is 0 Å². The normalized spacial score (nSPS) is 13.1. The summed E-state index contributed by atoms with van der Waals surface area (Å²) in [5.41, 5.74) is 0. The van der Waals surface area contributed by atoms with Gasteiger partial charge in [0, 0.05) is 6.42 Å². The topological polar surface area (TPSA) is 49.7 Å². The summed E-state index contributed by atoms with van der Waals surface area (Å²) in [6, 6.07) is 0. The van der Waals surface area contributed by atoms with E-state index in [4.69, 9.17) is 14.9 Å². The van der Waals surface area contributed by atoms with Crippen LogP contribution in [0.1, 0.15) is 33.1 Å². The maximum Gasteiger partial charge on any atom is 0.277 e. The predicted molar refractivity (Wildman–Crippen MR) is 56.6 cm³/mol. The molecule has 14 heavy (non-hydrogen) atoms. The van der Waals surface area contributed by atoms with Gasteiger partial charge in [0.2, 0.25) is 0 Å². The van der Waals surface area contributed by atoms with E-state index >= 15 is 0 Å². The number of unbranched alkanes of at least 4 members (excludes halogenated alkanes) is 1. The van der Waals surface area contributed by atoms with Gasteiger partial charge >= 0.3 is 0 Å². The summed E-state index contributed by atoms with van der Waals surface area (Å²) >= 11 is 0. The van der Waals surface area contributed by atoms with Gasteiger partial charge in [-0.3, -0.25) is 0 Å². The summed E-state index contributed by atoms with van der Waals surface area (Å²) in [4.78, 5) is 0. The largest absolute Gasteiger partial charge is 0.343 e. The van der Waals surface area contributed by atoms with Gasteiger partial charge in [-0.15, -0.1) is 0 Å². The van der Waals surface area contributed by atoms with Gasteiger partial charge in [-0.05, 0) is 19.8 Å². The molecule has 0 amide bonds. The fourth-order valence-corrected chi connectivity index (χ4v) is 0.825. The lowest BCUT2D eigenvalue weighted by atomic mass is 10.3. The number of rotatable bonds is 7. The average Bonchev–Trinajstić information content (AvgIpc) is 2.16. The lowest BCUT2D eigenvalue weighted by molar-refractivity contribution is -0.338. The van der Waals surface area contributed by atoms with Crippen molar-refractivity contribution in [3.8, 4) is 0 Å². The van der Waals surface area contributed by atoms with Crippen LogP contribution >= 0.6 is 0 Å². The van der Waals surface area contributed by atoms with E-state index in [-0.39, 0.29) is 6.42 Å². The molecule has 0 aliphatic carbocycles. The van der Waals surface area contributed by atoms with Crippen LogP contribution in [0.15, 0.2) is 24.3 Å². The summed E-state index contributed by atoms with van der Waals surface area (Å²) in [6.45, 7) is 3.98. The van der Waals surface area contributed by atoms with Gasteiger partial charge in [0.1, 0.15) is 0 Å². The molecule has 2 N–H and O–H groups in total. The van der Waals surface area contributed by atoms with Gasteiger partial charge in [-0.1, -0.05) is 31.2 Å². The number of hydrogen-bond donors (Lipinski definition) is 2. The Bertz CT molecular complexity index is 183. The van der Waals surface area contributed by atoms with Crippen LogP contribution in [-0.4, -0.2) is 22.8 Å². The van der Waals surface area contributed by atoms with Crippen LogP contribution < -0.4 is 0 Å². The molecule has 0 bridgehead atoms. The average molecular weight is 200 g/mol. The molecule has 0 radical (unpaired) electrons. The van der Waals surface area contributed by atoms with Crippen molar-refractivity contribution in [2.75, 3.05) is 6.61 Å². The van der Waals surface area contributed by atoms with Crippen LogP contribution in [-0.2, 0) is 4.74 Å². The fraction of sp³-hybridized carbons (Fsp3) is 0.636. The van der Waals surface area contributed by atoms with E-state index in [0.29, 0.717) is 6.61 Å². The molecule has 3 nitrogen and oxygen atoms in total. The Morgan fingerprint density at radius 2 is 2.00 bits per heavy atom. The van der Waals surface area contributed by atoms with E-state index < -0.39 is 5.97 Å². The van der Waals surface area contributed by atoms with Crippen LogP contribution in [0.3, 0.4) is 0 Å². The zero-order valence-electron chi connectivity index (χ0n) is 8.94. The van der Waals surface area contributed by atoms with Crippen molar-refractivity contribution in [3.05, 3.63) is 24.3 Å². The first-order valence-electron chi connectivity index (χ1n) is 4.99. The quantitative estimate of drug-likeness (QED) is 0.375. The van der Waals surface area contributed by atoms with Crippen molar-refractivity contribution in [2.45, 2.75) is 39.1 Å². The highest BCUT2D eigenvalue weighted by Crippen LogP contribution is 2.07. The standard InChI is InChI=1S/C11H20O3/c1-3-5-6-7-8-9-10-14-11(12,13)4-2/h3,5-7,12-13H,4,8-10H2,1-2H3. The van der Waals surface area contributed by atoms with E-state index in [1.807, 2.05) is 31.2 Å². The van der Waals surface area contributed by atoms with Crippen LogP contribution in [0.25, 0.3) is 0 Å². The number of hydrogen-bond acceptors (Lipinski definition) is 3. The smallest absolute Gasteiger partial charge is 0.277 e. The first kappa shape index (κ1) is 13.4. The van der Waals surface area contributed by atoms with Crippen molar-refractivity contribution in [1.82, 2.24) is 0 Å². The summed E-state index contributed by atoms with van der Waals surface area (Å²) in [7, 11) is 0. The van der Waals surface area contributed by atoms with Gasteiger partial charge in [-0.2, -0.15) is 0 Å². The maximum atomic E-state index is 9.07. The minimum atomic E-state index is -1.95. The Morgan fingerprint density at radius 3 is 2.57 bits per heavy atom. The van der Waals surface area contributed by atoms with Crippen molar-refractivity contribution >= 4 is 0 Å². The van der Waals surface area contributed by atoms with E-state index in [1.54, 1.807) is 6.92 Å². The first-order valence-corrected chi connectivity index (χ1v) is 4.99. The molecule has 0 atom stereocenters. The molecular weight excluding hydrogens is 180 g/mol. The molecule has 0 saturated heterocycles. The van der Waals surface area contributed by atoms with Crippen LogP contribution in [0.4, 0.5) is 0 Å². The molecule has 0 aromatic heterocycles. The summed E-state index contributed by atoms with van der Waals surface area (Å²) in [6.07, 6.45) is 9.74.